The summed E-state index contributed by atoms with van der Waals surface area (Å²) < 4.78 is 2.18. The SMILES string of the molecule is CC1(C)c2ccccc2-c2cc3c(ccc4c3c3ccccc3n4-c3ncccn3)cc21. The van der Waals surface area contributed by atoms with E-state index >= 15 is 0 Å². The maximum absolute atomic E-state index is 4.56. The van der Waals surface area contributed by atoms with Crippen LogP contribution in [0, 0.1) is 0 Å². The molecule has 0 spiro atoms. The average molecular weight is 412 g/mol. The van der Waals surface area contributed by atoms with Crippen molar-refractivity contribution in [3.05, 3.63) is 102 Å². The van der Waals surface area contributed by atoms with Crippen LogP contribution in [0.5, 0.6) is 0 Å². The zero-order valence-electron chi connectivity index (χ0n) is 18.0. The Labute approximate surface area is 186 Å². The van der Waals surface area contributed by atoms with Gasteiger partial charge in [-0.2, -0.15) is 0 Å². The van der Waals surface area contributed by atoms with E-state index in [9.17, 15) is 0 Å². The molecule has 0 saturated heterocycles. The molecule has 0 unspecified atom stereocenters. The lowest BCUT2D eigenvalue weighted by molar-refractivity contribution is 0.661. The molecule has 6 aromatic rings. The van der Waals surface area contributed by atoms with Crippen molar-refractivity contribution in [1.82, 2.24) is 14.5 Å². The van der Waals surface area contributed by atoms with Gasteiger partial charge in [0.25, 0.3) is 0 Å². The second-order valence-corrected chi connectivity index (χ2v) is 9.15. The number of hydrogen-bond acceptors (Lipinski definition) is 2. The molecule has 1 aliphatic rings. The first-order valence-electron chi connectivity index (χ1n) is 11.0. The molecule has 2 aromatic heterocycles. The summed E-state index contributed by atoms with van der Waals surface area (Å²) in [5.41, 5.74) is 7.76. The van der Waals surface area contributed by atoms with Crippen LogP contribution in [0.15, 0.2) is 91.3 Å². The van der Waals surface area contributed by atoms with Crippen molar-refractivity contribution < 1.29 is 0 Å². The fraction of sp³-hybridized carbons (Fsp3) is 0.103. The molecule has 3 heteroatoms. The summed E-state index contributed by atoms with van der Waals surface area (Å²) in [5, 5.41) is 5.04. The van der Waals surface area contributed by atoms with Crippen molar-refractivity contribution in [2.45, 2.75) is 19.3 Å². The number of nitrogens with zero attached hydrogens (tertiary/aromatic N) is 3. The minimum absolute atomic E-state index is 0.000944. The van der Waals surface area contributed by atoms with Gasteiger partial charge < -0.3 is 0 Å². The summed E-state index contributed by atoms with van der Waals surface area (Å²) in [7, 11) is 0. The van der Waals surface area contributed by atoms with E-state index in [0.717, 1.165) is 11.0 Å². The largest absolute Gasteiger partial charge is 0.278 e. The molecule has 32 heavy (non-hydrogen) atoms. The highest BCUT2D eigenvalue weighted by Crippen LogP contribution is 2.50. The van der Waals surface area contributed by atoms with Crippen LogP contribution in [-0.4, -0.2) is 14.5 Å². The van der Waals surface area contributed by atoms with Crippen molar-refractivity contribution in [2.24, 2.45) is 0 Å². The van der Waals surface area contributed by atoms with Crippen molar-refractivity contribution in [3.63, 3.8) is 0 Å². The Kier molecular flexibility index (Phi) is 3.34. The molecule has 7 rings (SSSR count). The number of hydrogen-bond donors (Lipinski definition) is 0. The van der Waals surface area contributed by atoms with Crippen LogP contribution in [0.1, 0.15) is 25.0 Å². The van der Waals surface area contributed by atoms with E-state index < -0.39 is 0 Å². The molecule has 0 N–H and O–H groups in total. The molecular weight excluding hydrogens is 390 g/mol. The molecule has 152 valence electrons. The lowest BCUT2D eigenvalue weighted by Crippen LogP contribution is -2.14. The standard InChI is InChI=1S/C29H21N3/c1-29(2)23-10-5-3-8-19(23)22-17-21-18(16-24(22)29)12-13-26-27(21)20-9-4-6-11-25(20)32(26)28-30-14-7-15-31-28/h3-17H,1-2H3. The number of fused-ring (bicyclic) bond motifs is 8. The minimum atomic E-state index is 0.000944. The third-order valence-electron chi connectivity index (χ3n) is 7.11. The van der Waals surface area contributed by atoms with Gasteiger partial charge in [0, 0.05) is 28.6 Å². The van der Waals surface area contributed by atoms with E-state index in [1.807, 2.05) is 6.07 Å². The van der Waals surface area contributed by atoms with Gasteiger partial charge >= 0.3 is 0 Å². The smallest absolute Gasteiger partial charge is 0.234 e. The molecule has 0 radical (unpaired) electrons. The van der Waals surface area contributed by atoms with Gasteiger partial charge in [-0.25, -0.2) is 9.97 Å². The Morgan fingerprint density at radius 2 is 1.44 bits per heavy atom. The summed E-state index contributed by atoms with van der Waals surface area (Å²) in [6.45, 7) is 4.67. The van der Waals surface area contributed by atoms with Crippen LogP contribution >= 0.6 is 0 Å². The van der Waals surface area contributed by atoms with Crippen molar-refractivity contribution in [2.75, 3.05) is 0 Å². The van der Waals surface area contributed by atoms with Crippen LogP contribution < -0.4 is 0 Å². The van der Waals surface area contributed by atoms with Crippen LogP contribution in [0.4, 0.5) is 0 Å². The zero-order chi connectivity index (χ0) is 21.4. The Morgan fingerprint density at radius 3 is 2.31 bits per heavy atom. The first-order chi connectivity index (χ1) is 15.6. The van der Waals surface area contributed by atoms with Crippen molar-refractivity contribution in [1.29, 1.82) is 0 Å². The van der Waals surface area contributed by atoms with Crippen molar-refractivity contribution in [3.8, 4) is 17.1 Å². The van der Waals surface area contributed by atoms with E-state index in [4.69, 9.17) is 0 Å². The van der Waals surface area contributed by atoms with Gasteiger partial charge in [0.2, 0.25) is 5.95 Å². The van der Waals surface area contributed by atoms with Crippen LogP contribution in [0.2, 0.25) is 0 Å². The summed E-state index contributed by atoms with van der Waals surface area (Å²) in [5.74, 6) is 0.700. The molecule has 0 amide bonds. The van der Waals surface area contributed by atoms with Crippen molar-refractivity contribution >= 4 is 32.6 Å². The predicted octanol–water partition coefficient (Wildman–Crippen LogP) is 7.03. The van der Waals surface area contributed by atoms with E-state index in [0.29, 0.717) is 5.95 Å². The van der Waals surface area contributed by atoms with Crippen LogP contribution in [0.3, 0.4) is 0 Å². The molecule has 0 bridgehead atoms. The highest BCUT2D eigenvalue weighted by molar-refractivity contribution is 6.22. The maximum atomic E-state index is 4.56. The number of aromatic nitrogens is 3. The lowest BCUT2D eigenvalue weighted by Gasteiger charge is -2.21. The van der Waals surface area contributed by atoms with E-state index in [1.54, 1.807) is 12.4 Å². The summed E-state index contributed by atoms with van der Waals surface area (Å²) in [4.78, 5) is 9.12. The molecule has 0 saturated carbocycles. The van der Waals surface area contributed by atoms with Crippen LogP contribution in [0.25, 0.3) is 49.7 Å². The van der Waals surface area contributed by atoms with Gasteiger partial charge in [0.1, 0.15) is 0 Å². The summed E-state index contributed by atoms with van der Waals surface area (Å²) >= 11 is 0. The fourth-order valence-electron chi connectivity index (χ4n) is 5.61. The predicted molar refractivity (Wildman–Crippen MR) is 131 cm³/mol. The van der Waals surface area contributed by atoms with E-state index in [1.165, 1.54) is 43.8 Å². The second kappa shape index (κ2) is 6.04. The normalized spacial score (nSPS) is 14.2. The molecule has 2 heterocycles. The topological polar surface area (TPSA) is 30.7 Å². The lowest BCUT2D eigenvalue weighted by atomic mass is 9.82. The molecule has 0 fully saturated rings. The highest BCUT2D eigenvalue weighted by atomic mass is 15.1. The molecule has 4 aromatic carbocycles. The Balaban J connectivity index is 1.66. The van der Waals surface area contributed by atoms with Gasteiger partial charge in [-0.15, -0.1) is 0 Å². The number of benzene rings is 4. The van der Waals surface area contributed by atoms with Gasteiger partial charge in [-0.1, -0.05) is 62.4 Å². The van der Waals surface area contributed by atoms with Gasteiger partial charge in [-0.05, 0) is 63.4 Å². The third kappa shape index (κ3) is 2.15. The Hall–Kier alpha value is -3.98. The monoisotopic (exact) mass is 411 g/mol. The summed E-state index contributed by atoms with van der Waals surface area (Å²) in [6.07, 6.45) is 3.60. The first-order valence-corrected chi connectivity index (χ1v) is 11.0. The van der Waals surface area contributed by atoms with Gasteiger partial charge in [0.15, 0.2) is 0 Å². The van der Waals surface area contributed by atoms with E-state index in [-0.39, 0.29) is 5.41 Å². The summed E-state index contributed by atoms with van der Waals surface area (Å²) in [6, 6.07) is 28.5. The second-order valence-electron chi connectivity index (χ2n) is 9.15. The maximum Gasteiger partial charge on any atom is 0.234 e. The number of rotatable bonds is 1. The fourth-order valence-corrected chi connectivity index (χ4v) is 5.61. The zero-order valence-corrected chi connectivity index (χ0v) is 18.0. The third-order valence-corrected chi connectivity index (χ3v) is 7.11. The Morgan fingerprint density at radius 1 is 0.656 bits per heavy atom. The molecule has 1 aliphatic carbocycles. The quantitative estimate of drug-likeness (QED) is 0.291. The highest BCUT2D eigenvalue weighted by Gasteiger charge is 2.35. The van der Waals surface area contributed by atoms with Crippen LogP contribution in [-0.2, 0) is 5.41 Å². The molecular formula is C29H21N3. The molecule has 0 aliphatic heterocycles. The first kappa shape index (κ1) is 17.7. The Bertz CT molecular complexity index is 1690. The molecule has 3 nitrogen and oxygen atoms in total. The number of para-hydroxylation sites is 1. The van der Waals surface area contributed by atoms with Gasteiger partial charge in [-0.3, -0.25) is 4.57 Å². The van der Waals surface area contributed by atoms with Gasteiger partial charge in [0.05, 0.1) is 11.0 Å². The van der Waals surface area contributed by atoms with E-state index in [2.05, 4.69) is 101 Å². The molecule has 0 atom stereocenters. The average Bonchev–Trinajstić information content (AvgIpc) is 3.28. The minimum Gasteiger partial charge on any atom is -0.278 e.